The summed E-state index contributed by atoms with van der Waals surface area (Å²) >= 11 is 0. The molecule has 1 rings (SSSR count). The summed E-state index contributed by atoms with van der Waals surface area (Å²) in [6, 6.07) is 0.175. The number of aryl methyl sites for hydroxylation is 1. The van der Waals surface area contributed by atoms with Crippen molar-refractivity contribution in [2.24, 2.45) is 0 Å². The summed E-state index contributed by atoms with van der Waals surface area (Å²) in [5.41, 5.74) is 0. The van der Waals surface area contributed by atoms with Gasteiger partial charge in [0.2, 0.25) is 11.8 Å². The number of carbonyl (C=O) groups excluding carboxylic acids is 1. The topological polar surface area (TPSA) is 71.3 Å². The van der Waals surface area contributed by atoms with Gasteiger partial charge in [0.15, 0.2) is 0 Å². The Labute approximate surface area is 95.0 Å². The quantitative estimate of drug-likeness (QED) is 0.780. The number of carbonyl (C=O) groups is 1. The highest BCUT2D eigenvalue weighted by Crippen LogP contribution is 2.05. The third kappa shape index (κ3) is 3.62. The molecule has 1 aromatic heterocycles. The zero-order valence-electron chi connectivity index (χ0n) is 9.99. The fourth-order valence-corrected chi connectivity index (χ4v) is 1.26. The molecule has 0 radical (unpaired) electrons. The minimum absolute atomic E-state index is 0.130. The van der Waals surface area contributed by atoms with Crippen molar-refractivity contribution >= 4 is 11.9 Å². The van der Waals surface area contributed by atoms with E-state index in [-0.39, 0.29) is 11.9 Å². The first kappa shape index (κ1) is 12.6. The number of amides is 1. The standard InChI is InChI=1S/C10H18N4O2/c1-4-9-12-13-10(16-9)11-8(15)7-14(5-2)6-3/h4-7H2,1-3H3,(H,11,13,15). The summed E-state index contributed by atoms with van der Waals surface area (Å²) < 4.78 is 5.18. The second-order valence-electron chi connectivity index (χ2n) is 3.36. The number of likely N-dealkylation sites (N-methyl/N-ethyl adjacent to an activating group) is 1. The van der Waals surface area contributed by atoms with E-state index < -0.39 is 0 Å². The van der Waals surface area contributed by atoms with E-state index in [4.69, 9.17) is 4.42 Å². The van der Waals surface area contributed by atoms with E-state index in [0.717, 1.165) is 13.1 Å². The van der Waals surface area contributed by atoms with E-state index in [0.29, 0.717) is 18.9 Å². The molecule has 0 aliphatic rings. The first-order valence-corrected chi connectivity index (χ1v) is 5.54. The molecule has 90 valence electrons. The highest BCUT2D eigenvalue weighted by Gasteiger charge is 2.11. The fourth-order valence-electron chi connectivity index (χ4n) is 1.26. The van der Waals surface area contributed by atoms with Crippen LogP contribution in [0, 0.1) is 0 Å². The average molecular weight is 226 g/mol. The number of anilines is 1. The number of hydrogen-bond donors (Lipinski definition) is 1. The molecular weight excluding hydrogens is 208 g/mol. The highest BCUT2D eigenvalue weighted by atomic mass is 16.4. The van der Waals surface area contributed by atoms with Crippen LogP contribution in [-0.4, -0.2) is 40.6 Å². The molecule has 0 aliphatic heterocycles. The van der Waals surface area contributed by atoms with Crippen molar-refractivity contribution in [3.63, 3.8) is 0 Å². The van der Waals surface area contributed by atoms with Crippen molar-refractivity contribution in [2.75, 3.05) is 25.0 Å². The van der Waals surface area contributed by atoms with Crippen LogP contribution < -0.4 is 5.32 Å². The van der Waals surface area contributed by atoms with Gasteiger partial charge in [0.05, 0.1) is 6.54 Å². The molecule has 0 unspecified atom stereocenters. The monoisotopic (exact) mass is 226 g/mol. The summed E-state index contributed by atoms with van der Waals surface area (Å²) in [5.74, 6) is 0.396. The van der Waals surface area contributed by atoms with Crippen LogP contribution in [0.3, 0.4) is 0 Å². The summed E-state index contributed by atoms with van der Waals surface area (Å²) in [7, 11) is 0. The Bertz CT molecular complexity index is 333. The Morgan fingerprint density at radius 3 is 2.50 bits per heavy atom. The lowest BCUT2D eigenvalue weighted by Gasteiger charge is -2.16. The van der Waals surface area contributed by atoms with E-state index >= 15 is 0 Å². The Kier molecular flexibility index (Phi) is 4.91. The smallest absolute Gasteiger partial charge is 0.322 e. The normalized spacial score (nSPS) is 10.8. The van der Waals surface area contributed by atoms with Crippen molar-refractivity contribution in [1.82, 2.24) is 15.1 Å². The molecule has 0 spiro atoms. The maximum Gasteiger partial charge on any atom is 0.322 e. The van der Waals surface area contributed by atoms with Crippen LogP contribution in [0.15, 0.2) is 4.42 Å². The van der Waals surface area contributed by atoms with Crippen LogP contribution >= 0.6 is 0 Å². The lowest BCUT2D eigenvalue weighted by molar-refractivity contribution is -0.117. The molecule has 16 heavy (non-hydrogen) atoms. The third-order valence-electron chi connectivity index (χ3n) is 2.28. The van der Waals surface area contributed by atoms with Gasteiger partial charge in [-0.05, 0) is 13.1 Å². The van der Waals surface area contributed by atoms with Gasteiger partial charge in [0.1, 0.15) is 0 Å². The predicted octanol–water partition coefficient (Wildman–Crippen LogP) is 0.912. The predicted molar refractivity (Wildman–Crippen MR) is 60.1 cm³/mol. The van der Waals surface area contributed by atoms with Crippen molar-refractivity contribution in [3.05, 3.63) is 5.89 Å². The molecule has 1 heterocycles. The van der Waals surface area contributed by atoms with Gasteiger partial charge in [-0.15, -0.1) is 5.10 Å². The second-order valence-corrected chi connectivity index (χ2v) is 3.36. The number of aromatic nitrogens is 2. The van der Waals surface area contributed by atoms with Crippen LogP contribution in [0.2, 0.25) is 0 Å². The number of nitrogens with zero attached hydrogens (tertiary/aromatic N) is 3. The first-order valence-electron chi connectivity index (χ1n) is 5.54. The maximum atomic E-state index is 11.6. The van der Waals surface area contributed by atoms with Gasteiger partial charge in [0.25, 0.3) is 0 Å². The minimum Gasteiger partial charge on any atom is -0.408 e. The average Bonchev–Trinajstić information content (AvgIpc) is 2.73. The number of rotatable bonds is 6. The molecule has 1 aromatic rings. The third-order valence-corrected chi connectivity index (χ3v) is 2.28. The molecule has 0 aromatic carbocycles. The Balaban J connectivity index is 2.44. The van der Waals surface area contributed by atoms with Crippen LogP contribution in [-0.2, 0) is 11.2 Å². The molecule has 6 heteroatoms. The van der Waals surface area contributed by atoms with E-state index in [2.05, 4.69) is 15.5 Å². The van der Waals surface area contributed by atoms with Crippen LogP contribution in [0.4, 0.5) is 6.01 Å². The van der Waals surface area contributed by atoms with Crippen LogP contribution in [0.25, 0.3) is 0 Å². The minimum atomic E-state index is -0.130. The molecule has 0 saturated carbocycles. The van der Waals surface area contributed by atoms with Gasteiger partial charge in [-0.3, -0.25) is 15.0 Å². The largest absolute Gasteiger partial charge is 0.408 e. The Hall–Kier alpha value is -1.43. The fraction of sp³-hybridized carbons (Fsp3) is 0.700. The lowest BCUT2D eigenvalue weighted by atomic mass is 10.4. The van der Waals surface area contributed by atoms with Crippen LogP contribution in [0.5, 0.6) is 0 Å². The zero-order valence-corrected chi connectivity index (χ0v) is 9.99. The zero-order chi connectivity index (χ0) is 12.0. The first-order chi connectivity index (χ1) is 7.69. The molecular formula is C10H18N4O2. The Morgan fingerprint density at radius 2 is 2.00 bits per heavy atom. The van der Waals surface area contributed by atoms with Crippen molar-refractivity contribution in [2.45, 2.75) is 27.2 Å². The van der Waals surface area contributed by atoms with Gasteiger partial charge in [-0.25, -0.2) is 0 Å². The molecule has 1 N–H and O–H groups in total. The molecule has 0 saturated heterocycles. The van der Waals surface area contributed by atoms with E-state index in [1.54, 1.807) is 0 Å². The van der Waals surface area contributed by atoms with Crippen LogP contribution in [0.1, 0.15) is 26.7 Å². The summed E-state index contributed by atoms with van der Waals surface area (Å²) in [6.45, 7) is 7.96. The van der Waals surface area contributed by atoms with Gasteiger partial charge in [-0.1, -0.05) is 25.9 Å². The molecule has 0 bridgehead atoms. The van der Waals surface area contributed by atoms with Crippen molar-refractivity contribution in [1.29, 1.82) is 0 Å². The van der Waals surface area contributed by atoms with Gasteiger partial charge in [0, 0.05) is 6.42 Å². The lowest BCUT2D eigenvalue weighted by Crippen LogP contribution is -2.32. The molecule has 1 amide bonds. The van der Waals surface area contributed by atoms with E-state index in [1.165, 1.54) is 0 Å². The number of nitrogens with one attached hydrogen (secondary N) is 1. The SMILES string of the molecule is CCc1nnc(NC(=O)CN(CC)CC)o1. The second kappa shape index (κ2) is 6.22. The molecule has 0 fully saturated rings. The van der Waals surface area contributed by atoms with E-state index in [1.807, 2.05) is 25.7 Å². The summed E-state index contributed by atoms with van der Waals surface area (Å²) in [4.78, 5) is 13.6. The van der Waals surface area contributed by atoms with Crippen molar-refractivity contribution in [3.8, 4) is 0 Å². The highest BCUT2D eigenvalue weighted by molar-refractivity contribution is 5.90. The van der Waals surface area contributed by atoms with E-state index in [9.17, 15) is 4.79 Å². The van der Waals surface area contributed by atoms with Crippen molar-refractivity contribution < 1.29 is 9.21 Å². The summed E-state index contributed by atoms with van der Waals surface area (Å²) in [5, 5.41) is 10.1. The Morgan fingerprint density at radius 1 is 1.31 bits per heavy atom. The summed E-state index contributed by atoms with van der Waals surface area (Å²) in [6.07, 6.45) is 0.666. The van der Waals surface area contributed by atoms with Gasteiger partial charge in [-0.2, -0.15) is 0 Å². The molecule has 6 nitrogen and oxygen atoms in total. The van der Waals surface area contributed by atoms with Gasteiger partial charge < -0.3 is 4.42 Å². The van der Waals surface area contributed by atoms with Gasteiger partial charge >= 0.3 is 6.01 Å². The molecule has 0 aliphatic carbocycles. The maximum absolute atomic E-state index is 11.6. The molecule has 0 atom stereocenters. The number of hydrogen-bond acceptors (Lipinski definition) is 5.